The van der Waals surface area contributed by atoms with E-state index in [2.05, 4.69) is 42.5 Å². The van der Waals surface area contributed by atoms with E-state index in [0.29, 0.717) is 17.4 Å². The lowest BCUT2D eigenvalue weighted by Gasteiger charge is -2.46. The third-order valence-corrected chi connectivity index (χ3v) is 5.61. The maximum absolute atomic E-state index is 9.14. The Labute approximate surface area is 162 Å². The van der Waals surface area contributed by atoms with Gasteiger partial charge in [-0.2, -0.15) is 10.4 Å². The summed E-state index contributed by atoms with van der Waals surface area (Å²) in [7, 11) is 0. The number of hydrogen-bond acceptors (Lipinski definition) is 7. The van der Waals surface area contributed by atoms with E-state index >= 15 is 0 Å². The van der Waals surface area contributed by atoms with Crippen LogP contribution in [0.15, 0.2) is 43.0 Å². The fraction of sp³-hybridized carbons (Fsp3) is 0.350. The van der Waals surface area contributed by atoms with Gasteiger partial charge in [0.15, 0.2) is 11.3 Å². The third-order valence-electron chi connectivity index (χ3n) is 5.61. The van der Waals surface area contributed by atoms with E-state index in [9.17, 15) is 0 Å². The van der Waals surface area contributed by atoms with Crippen molar-refractivity contribution in [3.8, 4) is 17.5 Å². The Hall–Kier alpha value is -3.47. The molecule has 0 aliphatic carbocycles. The van der Waals surface area contributed by atoms with Crippen molar-refractivity contribution in [1.82, 2.24) is 29.5 Å². The molecule has 0 N–H and O–H groups in total. The highest BCUT2D eigenvalue weighted by molar-refractivity contribution is 5.62. The lowest BCUT2D eigenvalue weighted by atomic mass is 9.97. The lowest BCUT2D eigenvalue weighted by molar-refractivity contribution is 0.181. The quantitative estimate of drug-likeness (QED) is 0.682. The maximum atomic E-state index is 9.14. The number of aromatic nitrogens is 5. The van der Waals surface area contributed by atoms with E-state index in [4.69, 9.17) is 5.26 Å². The van der Waals surface area contributed by atoms with Crippen LogP contribution in [-0.4, -0.2) is 55.1 Å². The molecule has 0 bridgehead atoms. The van der Waals surface area contributed by atoms with E-state index in [0.717, 1.165) is 43.3 Å². The molecule has 2 aliphatic rings. The van der Waals surface area contributed by atoms with Crippen molar-refractivity contribution in [3.63, 3.8) is 0 Å². The first-order valence-corrected chi connectivity index (χ1v) is 9.49. The van der Waals surface area contributed by atoms with Crippen LogP contribution in [0.5, 0.6) is 0 Å². The van der Waals surface area contributed by atoms with Crippen molar-refractivity contribution in [2.24, 2.45) is 0 Å². The van der Waals surface area contributed by atoms with Crippen LogP contribution in [0, 0.1) is 11.3 Å². The fourth-order valence-corrected chi connectivity index (χ4v) is 4.18. The predicted molar refractivity (Wildman–Crippen MR) is 104 cm³/mol. The zero-order chi connectivity index (χ0) is 19.1. The Morgan fingerprint density at radius 3 is 3.00 bits per heavy atom. The number of nitrogens with zero attached hydrogens (tertiary/aromatic N) is 8. The molecular formula is C20H20N8. The predicted octanol–water partition coefficient (Wildman–Crippen LogP) is 2.25. The Bertz CT molecular complexity index is 1100. The minimum atomic E-state index is 0.342. The molecule has 2 saturated heterocycles. The van der Waals surface area contributed by atoms with Crippen LogP contribution in [0.1, 0.15) is 25.0 Å². The summed E-state index contributed by atoms with van der Waals surface area (Å²) >= 11 is 0. The first-order chi connectivity index (χ1) is 13.7. The number of hydrogen-bond donors (Lipinski definition) is 0. The van der Waals surface area contributed by atoms with Gasteiger partial charge in [0, 0.05) is 37.4 Å². The van der Waals surface area contributed by atoms with Gasteiger partial charge in [0.2, 0.25) is 0 Å². The van der Waals surface area contributed by atoms with Crippen LogP contribution in [0.25, 0.3) is 17.0 Å². The fourth-order valence-electron chi connectivity index (χ4n) is 4.18. The molecule has 5 heterocycles. The molecule has 1 atom stereocenters. The van der Waals surface area contributed by atoms with Crippen molar-refractivity contribution in [2.75, 3.05) is 24.5 Å². The Kier molecular flexibility index (Phi) is 3.93. The van der Waals surface area contributed by atoms with Crippen molar-refractivity contribution in [3.05, 3.63) is 48.7 Å². The Morgan fingerprint density at radius 2 is 2.11 bits per heavy atom. The van der Waals surface area contributed by atoms with Gasteiger partial charge >= 0.3 is 0 Å². The Balaban J connectivity index is 1.46. The molecule has 0 aromatic carbocycles. The van der Waals surface area contributed by atoms with Crippen molar-refractivity contribution in [1.29, 1.82) is 5.26 Å². The number of anilines is 1. The minimum absolute atomic E-state index is 0.342. The van der Waals surface area contributed by atoms with Gasteiger partial charge in [0.1, 0.15) is 23.9 Å². The highest BCUT2D eigenvalue weighted by atomic mass is 15.3. The summed E-state index contributed by atoms with van der Waals surface area (Å²) in [6, 6.07) is 8.00. The second-order valence-corrected chi connectivity index (χ2v) is 7.26. The van der Waals surface area contributed by atoms with E-state index in [1.165, 1.54) is 18.5 Å². The van der Waals surface area contributed by atoms with Crippen LogP contribution in [-0.2, 0) is 0 Å². The Morgan fingerprint density at radius 1 is 1.18 bits per heavy atom. The van der Waals surface area contributed by atoms with Crippen molar-refractivity contribution in [2.45, 2.75) is 25.3 Å². The van der Waals surface area contributed by atoms with E-state index in [1.807, 2.05) is 6.07 Å². The van der Waals surface area contributed by atoms with E-state index < -0.39 is 0 Å². The first kappa shape index (κ1) is 16.7. The molecule has 3 aromatic rings. The van der Waals surface area contributed by atoms with Crippen LogP contribution >= 0.6 is 0 Å². The molecule has 0 radical (unpaired) electrons. The molecule has 5 rings (SSSR count). The van der Waals surface area contributed by atoms with Gasteiger partial charge < -0.3 is 9.80 Å². The van der Waals surface area contributed by atoms with Gasteiger partial charge in [-0.1, -0.05) is 6.58 Å². The smallest absolute Gasteiger partial charge is 0.161 e. The summed E-state index contributed by atoms with van der Waals surface area (Å²) in [5.41, 5.74) is 3.79. The van der Waals surface area contributed by atoms with Gasteiger partial charge in [-0.3, -0.25) is 0 Å². The SMILES string of the molecule is C=C1CCCC2CN(c3cc(-c4cnc5ccc(C#N)nn45)ncn3)CCN12. The molecule has 2 fully saturated rings. The number of piperazine rings is 1. The number of fused-ring (bicyclic) bond motifs is 2. The molecule has 1 unspecified atom stereocenters. The maximum Gasteiger partial charge on any atom is 0.161 e. The van der Waals surface area contributed by atoms with Gasteiger partial charge in [0.05, 0.1) is 11.9 Å². The summed E-state index contributed by atoms with van der Waals surface area (Å²) in [5.74, 6) is 0.909. The van der Waals surface area contributed by atoms with Gasteiger partial charge in [0.25, 0.3) is 0 Å². The van der Waals surface area contributed by atoms with E-state index in [1.54, 1.807) is 29.2 Å². The molecule has 0 saturated carbocycles. The molecule has 3 aromatic heterocycles. The molecule has 2 aliphatic heterocycles. The van der Waals surface area contributed by atoms with Crippen LogP contribution < -0.4 is 4.90 Å². The largest absolute Gasteiger partial charge is 0.369 e. The average molecular weight is 372 g/mol. The topological polar surface area (TPSA) is 86.2 Å². The second kappa shape index (κ2) is 6.60. The zero-order valence-corrected chi connectivity index (χ0v) is 15.5. The molecule has 8 nitrogen and oxygen atoms in total. The monoisotopic (exact) mass is 372 g/mol. The zero-order valence-electron chi connectivity index (χ0n) is 15.5. The van der Waals surface area contributed by atoms with Gasteiger partial charge in [-0.05, 0) is 31.4 Å². The number of nitriles is 1. The standard InChI is InChI=1S/C20H20N8/c1-14-3-2-4-16-12-26(7-8-27(14)16)20-9-17(23-13-24-20)18-11-22-19-6-5-15(10-21)25-28(18)19/h5-6,9,11,13,16H,1-4,7-8,12H2. The van der Waals surface area contributed by atoms with Crippen molar-refractivity contribution >= 4 is 11.5 Å². The highest BCUT2D eigenvalue weighted by Crippen LogP contribution is 2.30. The average Bonchev–Trinajstić information content (AvgIpc) is 3.17. The number of rotatable bonds is 2. The molecule has 28 heavy (non-hydrogen) atoms. The summed E-state index contributed by atoms with van der Waals surface area (Å²) in [6.07, 6.45) is 6.84. The lowest BCUT2D eigenvalue weighted by Crippen LogP contribution is -2.54. The summed E-state index contributed by atoms with van der Waals surface area (Å²) in [4.78, 5) is 18.1. The van der Waals surface area contributed by atoms with Crippen molar-refractivity contribution < 1.29 is 0 Å². The van der Waals surface area contributed by atoms with Crippen LogP contribution in [0.2, 0.25) is 0 Å². The van der Waals surface area contributed by atoms with E-state index in [-0.39, 0.29) is 0 Å². The van der Waals surface area contributed by atoms with Crippen LogP contribution in [0.3, 0.4) is 0 Å². The van der Waals surface area contributed by atoms with Gasteiger partial charge in [-0.25, -0.2) is 19.5 Å². The third kappa shape index (κ3) is 2.76. The molecule has 140 valence electrons. The molecular weight excluding hydrogens is 352 g/mol. The molecule has 0 spiro atoms. The number of allylic oxidation sites excluding steroid dienone is 1. The molecule has 0 amide bonds. The first-order valence-electron chi connectivity index (χ1n) is 9.49. The van der Waals surface area contributed by atoms with Gasteiger partial charge in [-0.15, -0.1) is 0 Å². The molecule has 8 heteroatoms. The number of piperidine rings is 1. The highest BCUT2D eigenvalue weighted by Gasteiger charge is 2.31. The second-order valence-electron chi connectivity index (χ2n) is 7.26. The summed E-state index contributed by atoms with van der Waals surface area (Å²) < 4.78 is 1.66. The van der Waals surface area contributed by atoms with Crippen LogP contribution in [0.4, 0.5) is 5.82 Å². The number of imidazole rings is 1. The minimum Gasteiger partial charge on any atom is -0.369 e. The summed E-state index contributed by atoms with van der Waals surface area (Å²) in [6.45, 7) is 7.06. The normalized spacial score (nSPS) is 19.5. The summed E-state index contributed by atoms with van der Waals surface area (Å²) in [5, 5.41) is 13.5.